The zero-order chi connectivity index (χ0) is 24.0. The molecule has 0 aliphatic heterocycles. The number of hydrogen-bond donors (Lipinski definition) is 2. The average molecular weight is 473 g/mol. The van der Waals surface area contributed by atoms with E-state index < -0.39 is 10.0 Å². The first-order valence-corrected chi connectivity index (χ1v) is 11.2. The molecule has 1 amide bonds. The summed E-state index contributed by atoms with van der Waals surface area (Å²) in [6, 6.07) is 15.3. The molecule has 3 rings (SSSR count). The second-order valence-electron chi connectivity index (χ2n) is 6.72. The number of carbonyl (C=O) groups excluding carboxylic acids is 1. The van der Waals surface area contributed by atoms with Gasteiger partial charge in [-0.3, -0.25) is 9.52 Å². The van der Waals surface area contributed by atoms with Crippen LogP contribution < -0.4 is 29.0 Å². The lowest BCUT2D eigenvalue weighted by Gasteiger charge is -2.13. The molecule has 0 aromatic heterocycles. The number of amides is 1. The lowest BCUT2D eigenvalue weighted by Crippen LogP contribution is -2.15. The quantitative estimate of drug-likeness (QED) is 0.487. The Morgan fingerprint density at radius 1 is 0.727 bits per heavy atom. The zero-order valence-corrected chi connectivity index (χ0v) is 19.4. The minimum Gasteiger partial charge on any atom is -0.497 e. The summed E-state index contributed by atoms with van der Waals surface area (Å²) in [6.07, 6.45) is 0. The second-order valence-corrected chi connectivity index (χ2v) is 8.40. The third-order valence-corrected chi connectivity index (χ3v) is 6.10. The highest BCUT2D eigenvalue weighted by Gasteiger charge is 2.18. The summed E-state index contributed by atoms with van der Waals surface area (Å²) in [7, 11) is 1.99. The van der Waals surface area contributed by atoms with E-state index in [1.54, 1.807) is 30.3 Å². The van der Waals surface area contributed by atoms with Crippen LogP contribution in [-0.2, 0) is 10.0 Å². The zero-order valence-electron chi connectivity index (χ0n) is 18.5. The third kappa shape index (κ3) is 5.47. The van der Waals surface area contributed by atoms with Gasteiger partial charge in [0, 0.05) is 17.3 Å². The van der Waals surface area contributed by atoms with E-state index in [1.807, 2.05) is 0 Å². The maximum absolute atomic E-state index is 12.8. The Balaban J connectivity index is 1.76. The van der Waals surface area contributed by atoms with E-state index in [1.165, 1.54) is 58.8 Å². The molecule has 0 spiro atoms. The Labute approximate surface area is 192 Å². The molecule has 0 aliphatic rings. The van der Waals surface area contributed by atoms with Crippen molar-refractivity contribution < 1.29 is 32.2 Å². The second kappa shape index (κ2) is 10.1. The van der Waals surface area contributed by atoms with Gasteiger partial charge in [0.2, 0.25) is 0 Å². The van der Waals surface area contributed by atoms with Crippen molar-refractivity contribution in [1.29, 1.82) is 0 Å². The van der Waals surface area contributed by atoms with Crippen LogP contribution in [0.5, 0.6) is 23.0 Å². The molecule has 3 aromatic carbocycles. The molecule has 0 heterocycles. The maximum Gasteiger partial charge on any atom is 0.262 e. The van der Waals surface area contributed by atoms with E-state index in [2.05, 4.69) is 10.0 Å². The number of nitrogens with one attached hydrogen (secondary N) is 2. The molecule has 0 saturated heterocycles. The van der Waals surface area contributed by atoms with Crippen molar-refractivity contribution in [3.8, 4) is 23.0 Å². The summed E-state index contributed by atoms with van der Waals surface area (Å²) in [5, 5.41) is 2.72. The molecule has 0 radical (unpaired) electrons. The van der Waals surface area contributed by atoms with Crippen molar-refractivity contribution in [3.05, 3.63) is 66.2 Å². The lowest BCUT2D eigenvalue weighted by molar-refractivity contribution is 0.102. The normalized spacial score (nSPS) is 10.8. The maximum atomic E-state index is 12.8. The SMILES string of the molecule is COc1ccc(OC)c(NS(=O)(=O)c2ccc(NC(=O)c3ccc(OC)c(OC)c3)cc2)c1. The van der Waals surface area contributed by atoms with Crippen molar-refractivity contribution >= 4 is 27.3 Å². The third-order valence-electron chi connectivity index (χ3n) is 4.72. The van der Waals surface area contributed by atoms with Gasteiger partial charge in [-0.25, -0.2) is 8.42 Å². The highest BCUT2D eigenvalue weighted by atomic mass is 32.2. The number of ether oxygens (including phenoxy) is 4. The summed E-state index contributed by atoms with van der Waals surface area (Å²) in [4.78, 5) is 12.6. The molecule has 0 aliphatic carbocycles. The molecule has 0 bridgehead atoms. The first-order chi connectivity index (χ1) is 15.8. The molecule has 2 N–H and O–H groups in total. The molecular weight excluding hydrogens is 448 g/mol. The Morgan fingerprint density at radius 2 is 1.36 bits per heavy atom. The fourth-order valence-corrected chi connectivity index (χ4v) is 4.06. The van der Waals surface area contributed by atoms with Crippen molar-refractivity contribution in [2.75, 3.05) is 38.5 Å². The summed E-state index contributed by atoms with van der Waals surface area (Å²) >= 11 is 0. The summed E-state index contributed by atoms with van der Waals surface area (Å²) in [6.45, 7) is 0. The van der Waals surface area contributed by atoms with Gasteiger partial charge in [-0.05, 0) is 54.6 Å². The number of rotatable bonds is 9. The van der Waals surface area contributed by atoms with Crippen LogP contribution in [0.1, 0.15) is 10.4 Å². The van der Waals surface area contributed by atoms with E-state index in [0.29, 0.717) is 34.2 Å². The van der Waals surface area contributed by atoms with Gasteiger partial charge >= 0.3 is 0 Å². The van der Waals surface area contributed by atoms with Gasteiger partial charge in [0.05, 0.1) is 39.0 Å². The van der Waals surface area contributed by atoms with E-state index in [-0.39, 0.29) is 16.5 Å². The Bertz CT molecular complexity index is 1240. The van der Waals surface area contributed by atoms with Crippen molar-refractivity contribution in [2.45, 2.75) is 4.90 Å². The summed E-state index contributed by atoms with van der Waals surface area (Å²) in [5.41, 5.74) is 1.02. The molecular formula is C23H24N2O7S. The number of methoxy groups -OCH3 is 4. The first kappa shape index (κ1) is 23.7. The van der Waals surface area contributed by atoms with Crippen LogP contribution in [-0.4, -0.2) is 42.8 Å². The van der Waals surface area contributed by atoms with E-state index in [9.17, 15) is 13.2 Å². The molecule has 3 aromatic rings. The highest BCUT2D eigenvalue weighted by Crippen LogP contribution is 2.31. The van der Waals surface area contributed by atoms with Gasteiger partial charge in [0.15, 0.2) is 11.5 Å². The molecule has 10 heteroatoms. The Kier molecular flexibility index (Phi) is 7.29. The average Bonchev–Trinajstić information content (AvgIpc) is 2.83. The molecule has 0 saturated carbocycles. The molecule has 174 valence electrons. The van der Waals surface area contributed by atoms with E-state index >= 15 is 0 Å². The molecule has 0 fully saturated rings. The molecule has 0 unspecified atom stereocenters. The fraction of sp³-hybridized carbons (Fsp3) is 0.174. The fourth-order valence-electron chi connectivity index (χ4n) is 3.00. The predicted molar refractivity (Wildman–Crippen MR) is 124 cm³/mol. The van der Waals surface area contributed by atoms with Gasteiger partial charge in [0.1, 0.15) is 11.5 Å². The van der Waals surface area contributed by atoms with Crippen LogP contribution in [0, 0.1) is 0 Å². The number of carbonyl (C=O) groups is 1. The Hall–Kier alpha value is -3.92. The predicted octanol–water partition coefficient (Wildman–Crippen LogP) is 3.77. The summed E-state index contributed by atoms with van der Waals surface area (Å²) < 4.78 is 48.9. The van der Waals surface area contributed by atoms with Crippen LogP contribution >= 0.6 is 0 Å². The van der Waals surface area contributed by atoms with Gasteiger partial charge in [-0.1, -0.05) is 0 Å². The van der Waals surface area contributed by atoms with Gasteiger partial charge in [-0.15, -0.1) is 0 Å². The first-order valence-electron chi connectivity index (χ1n) is 9.69. The van der Waals surface area contributed by atoms with Crippen LogP contribution in [0.2, 0.25) is 0 Å². The van der Waals surface area contributed by atoms with Gasteiger partial charge < -0.3 is 24.3 Å². The molecule has 9 nitrogen and oxygen atoms in total. The van der Waals surface area contributed by atoms with Crippen molar-refractivity contribution in [3.63, 3.8) is 0 Å². The van der Waals surface area contributed by atoms with Crippen molar-refractivity contribution in [2.24, 2.45) is 0 Å². The molecule has 33 heavy (non-hydrogen) atoms. The van der Waals surface area contributed by atoms with Crippen LogP contribution in [0.25, 0.3) is 0 Å². The minimum absolute atomic E-state index is 0.0106. The summed E-state index contributed by atoms with van der Waals surface area (Å²) in [5.74, 6) is 1.36. The number of sulfonamides is 1. The number of hydrogen-bond acceptors (Lipinski definition) is 7. The lowest BCUT2D eigenvalue weighted by atomic mass is 10.2. The Morgan fingerprint density at radius 3 is 1.97 bits per heavy atom. The van der Waals surface area contributed by atoms with E-state index in [0.717, 1.165) is 0 Å². The van der Waals surface area contributed by atoms with Crippen molar-refractivity contribution in [1.82, 2.24) is 0 Å². The largest absolute Gasteiger partial charge is 0.497 e. The van der Waals surface area contributed by atoms with Crippen LogP contribution in [0.4, 0.5) is 11.4 Å². The number of anilines is 2. The van der Waals surface area contributed by atoms with Gasteiger partial charge in [-0.2, -0.15) is 0 Å². The smallest absolute Gasteiger partial charge is 0.262 e. The standard InChI is InChI=1S/C23H24N2O7S/c1-29-17-8-12-20(30-2)19(14-17)25-33(27,28)18-9-6-16(7-10-18)24-23(26)15-5-11-21(31-3)22(13-15)32-4/h5-14,25H,1-4H3,(H,24,26). The van der Waals surface area contributed by atoms with Crippen LogP contribution in [0.15, 0.2) is 65.6 Å². The number of benzene rings is 3. The highest BCUT2D eigenvalue weighted by molar-refractivity contribution is 7.92. The van der Waals surface area contributed by atoms with Gasteiger partial charge in [0.25, 0.3) is 15.9 Å². The minimum atomic E-state index is -3.91. The monoisotopic (exact) mass is 472 g/mol. The molecule has 0 atom stereocenters. The van der Waals surface area contributed by atoms with Crippen LogP contribution in [0.3, 0.4) is 0 Å². The van der Waals surface area contributed by atoms with E-state index in [4.69, 9.17) is 18.9 Å². The topological polar surface area (TPSA) is 112 Å².